The normalized spacial score (nSPS) is 9.80. The molecular formula is C10H12O4S. The van der Waals surface area contributed by atoms with Gasteiger partial charge >= 0.3 is 11.9 Å². The number of carbonyl (C=O) groups is 2. The van der Waals surface area contributed by atoms with Gasteiger partial charge < -0.3 is 9.47 Å². The Morgan fingerprint density at radius 3 is 2.60 bits per heavy atom. The van der Waals surface area contributed by atoms with Gasteiger partial charge in [0.2, 0.25) is 0 Å². The van der Waals surface area contributed by atoms with E-state index in [1.165, 1.54) is 24.5 Å². The molecule has 15 heavy (non-hydrogen) atoms. The summed E-state index contributed by atoms with van der Waals surface area (Å²) in [5.41, 5.74) is 0.433. The average molecular weight is 228 g/mol. The molecule has 0 amide bonds. The van der Waals surface area contributed by atoms with Gasteiger partial charge in [0.25, 0.3) is 0 Å². The maximum absolute atomic E-state index is 11.4. The third kappa shape index (κ3) is 2.56. The van der Waals surface area contributed by atoms with Gasteiger partial charge in [0, 0.05) is 4.88 Å². The van der Waals surface area contributed by atoms with Crippen LogP contribution >= 0.6 is 11.3 Å². The monoisotopic (exact) mass is 228 g/mol. The summed E-state index contributed by atoms with van der Waals surface area (Å²) in [6, 6.07) is 1.50. The highest BCUT2D eigenvalue weighted by atomic mass is 32.1. The molecule has 0 aromatic carbocycles. The third-order valence-electron chi connectivity index (χ3n) is 1.80. The highest BCUT2D eigenvalue weighted by Crippen LogP contribution is 2.22. The van der Waals surface area contributed by atoms with Crippen molar-refractivity contribution >= 4 is 23.3 Å². The van der Waals surface area contributed by atoms with Crippen molar-refractivity contribution in [2.45, 2.75) is 13.8 Å². The van der Waals surface area contributed by atoms with Gasteiger partial charge in [-0.1, -0.05) is 0 Å². The molecule has 1 aromatic heterocycles. The number of ether oxygens (including phenoxy) is 2. The average Bonchev–Trinajstić information content (AvgIpc) is 2.59. The van der Waals surface area contributed by atoms with Crippen molar-refractivity contribution < 1.29 is 19.1 Å². The predicted molar refractivity (Wildman–Crippen MR) is 56.4 cm³/mol. The fourth-order valence-electron chi connectivity index (χ4n) is 1.09. The molecule has 0 atom stereocenters. The maximum Gasteiger partial charge on any atom is 0.348 e. The van der Waals surface area contributed by atoms with Crippen LogP contribution < -0.4 is 0 Å². The summed E-state index contributed by atoms with van der Waals surface area (Å²) in [4.78, 5) is 23.8. The summed E-state index contributed by atoms with van der Waals surface area (Å²) in [5.74, 6) is -0.833. The van der Waals surface area contributed by atoms with E-state index in [2.05, 4.69) is 4.74 Å². The molecule has 1 heterocycles. The lowest BCUT2D eigenvalue weighted by molar-refractivity contribution is 0.0526. The molecule has 0 fully saturated rings. The van der Waals surface area contributed by atoms with Crippen LogP contribution in [0.25, 0.3) is 0 Å². The Morgan fingerprint density at radius 1 is 1.40 bits per heavy atom. The van der Waals surface area contributed by atoms with E-state index < -0.39 is 11.9 Å². The largest absolute Gasteiger partial charge is 0.465 e. The van der Waals surface area contributed by atoms with E-state index in [-0.39, 0.29) is 0 Å². The molecule has 5 heteroatoms. The first-order valence-electron chi connectivity index (χ1n) is 4.46. The summed E-state index contributed by atoms with van der Waals surface area (Å²) in [6.45, 7) is 3.83. The molecule has 0 spiro atoms. The van der Waals surface area contributed by atoms with Crippen molar-refractivity contribution in [3.63, 3.8) is 0 Å². The number of carbonyl (C=O) groups excluding carboxylic acids is 2. The predicted octanol–water partition coefficient (Wildman–Crippen LogP) is 2.02. The number of methoxy groups -OCH3 is 1. The Morgan fingerprint density at radius 2 is 2.07 bits per heavy atom. The Labute approximate surface area is 91.8 Å². The molecule has 1 rings (SSSR count). The van der Waals surface area contributed by atoms with Gasteiger partial charge in [-0.15, -0.1) is 11.3 Å². The van der Waals surface area contributed by atoms with Crippen molar-refractivity contribution in [1.29, 1.82) is 0 Å². The van der Waals surface area contributed by atoms with E-state index in [0.717, 1.165) is 4.88 Å². The fourth-order valence-corrected chi connectivity index (χ4v) is 2.02. The number of esters is 2. The molecule has 4 nitrogen and oxygen atoms in total. The van der Waals surface area contributed by atoms with Crippen molar-refractivity contribution in [2.75, 3.05) is 13.7 Å². The first-order chi connectivity index (χ1) is 7.10. The van der Waals surface area contributed by atoms with Crippen LogP contribution in [0.2, 0.25) is 0 Å². The molecule has 0 saturated carbocycles. The summed E-state index contributed by atoms with van der Waals surface area (Å²) in [7, 11) is 1.31. The maximum atomic E-state index is 11.4. The lowest BCUT2D eigenvalue weighted by Gasteiger charge is -1.98. The molecule has 0 aliphatic heterocycles. The number of hydrogen-bond acceptors (Lipinski definition) is 5. The van der Waals surface area contributed by atoms with Crippen molar-refractivity contribution in [2.24, 2.45) is 0 Å². The quantitative estimate of drug-likeness (QED) is 0.743. The van der Waals surface area contributed by atoms with Crippen LogP contribution in [0.3, 0.4) is 0 Å². The zero-order chi connectivity index (χ0) is 11.4. The van der Waals surface area contributed by atoms with E-state index in [1.807, 2.05) is 0 Å². The van der Waals surface area contributed by atoms with E-state index in [9.17, 15) is 9.59 Å². The second-order valence-electron chi connectivity index (χ2n) is 2.79. The van der Waals surface area contributed by atoms with Crippen molar-refractivity contribution in [1.82, 2.24) is 0 Å². The summed E-state index contributed by atoms with van der Waals surface area (Å²) in [5, 5.41) is 0. The highest BCUT2D eigenvalue weighted by Gasteiger charge is 2.18. The Balaban J connectivity index is 2.96. The van der Waals surface area contributed by atoms with E-state index in [0.29, 0.717) is 17.0 Å². The zero-order valence-electron chi connectivity index (χ0n) is 8.83. The van der Waals surface area contributed by atoms with E-state index in [4.69, 9.17) is 4.74 Å². The first-order valence-corrected chi connectivity index (χ1v) is 5.27. The number of rotatable bonds is 3. The molecular weight excluding hydrogens is 216 g/mol. The van der Waals surface area contributed by atoms with Gasteiger partial charge in [0.15, 0.2) is 0 Å². The lowest BCUT2D eigenvalue weighted by atomic mass is 10.2. The molecule has 0 aliphatic rings. The second kappa shape index (κ2) is 4.93. The van der Waals surface area contributed by atoms with Crippen LogP contribution in [0.5, 0.6) is 0 Å². The zero-order valence-corrected chi connectivity index (χ0v) is 9.64. The molecule has 0 unspecified atom stereocenters. The van der Waals surface area contributed by atoms with Gasteiger partial charge in [0.05, 0.1) is 19.3 Å². The van der Waals surface area contributed by atoms with Gasteiger partial charge in [0.1, 0.15) is 4.88 Å². The van der Waals surface area contributed by atoms with Crippen LogP contribution in [0, 0.1) is 6.92 Å². The van der Waals surface area contributed by atoms with Crippen molar-refractivity contribution in [3.8, 4) is 0 Å². The molecule has 0 aliphatic carbocycles. The molecule has 1 aromatic rings. The third-order valence-corrected chi connectivity index (χ3v) is 2.83. The fraction of sp³-hybridized carbons (Fsp3) is 0.400. The van der Waals surface area contributed by atoms with Crippen LogP contribution in [0.1, 0.15) is 31.8 Å². The number of thiophene rings is 1. The molecule has 0 radical (unpaired) electrons. The van der Waals surface area contributed by atoms with Crippen LogP contribution in [0.4, 0.5) is 0 Å². The minimum absolute atomic E-state index is 0.321. The van der Waals surface area contributed by atoms with Crippen LogP contribution in [-0.4, -0.2) is 25.7 Å². The summed E-state index contributed by atoms with van der Waals surface area (Å²) in [6.07, 6.45) is 0. The molecule has 0 bridgehead atoms. The molecule has 0 N–H and O–H groups in total. The van der Waals surface area contributed by atoms with E-state index in [1.54, 1.807) is 13.8 Å². The number of hydrogen-bond donors (Lipinski definition) is 0. The van der Waals surface area contributed by atoms with Crippen molar-refractivity contribution in [3.05, 3.63) is 21.4 Å². The Hall–Kier alpha value is -1.36. The topological polar surface area (TPSA) is 52.6 Å². The number of aryl methyl sites for hydroxylation is 1. The molecule has 82 valence electrons. The second-order valence-corrected chi connectivity index (χ2v) is 4.05. The smallest absolute Gasteiger partial charge is 0.348 e. The van der Waals surface area contributed by atoms with E-state index >= 15 is 0 Å². The van der Waals surface area contributed by atoms with Gasteiger partial charge in [-0.3, -0.25) is 0 Å². The molecule has 0 saturated heterocycles. The Kier molecular flexibility index (Phi) is 3.85. The van der Waals surface area contributed by atoms with Gasteiger partial charge in [-0.2, -0.15) is 0 Å². The van der Waals surface area contributed by atoms with Crippen LogP contribution in [-0.2, 0) is 9.47 Å². The SMILES string of the molecule is CCOC(=O)c1cc(C(=O)OC)sc1C. The highest BCUT2D eigenvalue weighted by molar-refractivity contribution is 7.14. The van der Waals surface area contributed by atoms with Gasteiger partial charge in [-0.25, -0.2) is 9.59 Å². The standard InChI is InChI=1S/C10H12O4S/c1-4-14-9(11)7-5-8(10(12)13-3)15-6(7)2/h5H,4H2,1-3H3. The summed E-state index contributed by atoms with van der Waals surface area (Å²) < 4.78 is 9.41. The lowest BCUT2D eigenvalue weighted by Crippen LogP contribution is -2.04. The van der Waals surface area contributed by atoms with Crippen LogP contribution in [0.15, 0.2) is 6.07 Å². The summed E-state index contributed by atoms with van der Waals surface area (Å²) >= 11 is 1.23. The Bertz CT molecular complexity index is 381. The minimum atomic E-state index is -0.432. The first kappa shape index (κ1) is 11.7. The van der Waals surface area contributed by atoms with Gasteiger partial charge in [-0.05, 0) is 19.9 Å². The minimum Gasteiger partial charge on any atom is -0.465 e.